The van der Waals surface area contributed by atoms with Gasteiger partial charge in [-0.2, -0.15) is 13.2 Å². The molecule has 0 bridgehead atoms. The van der Waals surface area contributed by atoms with E-state index in [1.807, 2.05) is 0 Å². The van der Waals surface area contributed by atoms with Crippen molar-refractivity contribution in [2.75, 3.05) is 18.0 Å². The van der Waals surface area contributed by atoms with Gasteiger partial charge in [-0.05, 0) is 25.7 Å². The lowest BCUT2D eigenvalue weighted by atomic mass is 9.98. The summed E-state index contributed by atoms with van der Waals surface area (Å²) in [7, 11) is 0. The van der Waals surface area contributed by atoms with E-state index in [1.54, 1.807) is 4.90 Å². The molecule has 22 heavy (non-hydrogen) atoms. The third-order valence-electron chi connectivity index (χ3n) is 4.06. The van der Waals surface area contributed by atoms with Gasteiger partial charge in [-0.3, -0.25) is 4.79 Å². The summed E-state index contributed by atoms with van der Waals surface area (Å²) in [5, 5.41) is 9.10. The highest BCUT2D eigenvalue weighted by molar-refractivity contribution is 5.71. The van der Waals surface area contributed by atoms with E-state index < -0.39 is 23.8 Å². The Morgan fingerprint density at radius 3 is 2.59 bits per heavy atom. The maximum Gasteiger partial charge on any atom is 0.433 e. The first-order valence-electron chi connectivity index (χ1n) is 7.28. The summed E-state index contributed by atoms with van der Waals surface area (Å²) in [6.07, 6.45) is -1.75. The van der Waals surface area contributed by atoms with Crippen LogP contribution in [0.4, 0.5) is 19.0 Å². The summed E-state index contributed by atoms with van der Waals surface area (Å²) in [4.78, 5) is 20.6. The zero-order chi connectivity index (χ0) is 15.9. The quantitative estimate of drug-likeness (QED) is 0.929. The Kier molecular flexibility index (Phi) is 3.70. The summed E-state index contributed by atoms with van der Waals surface area (Å²) in [5.41, 5.74) is -0.947. The molecule has 1 saturated heterocycles. The topological polar surface area (TPSA) is 66.3 Å². The first-order valence-corrected chi connectivity index (χ1v) is 7.28. The van der Waals surface area contributed by atoms with Gasteiger partial charge in [-0.25, -0.2) is 9.97 Å². The van der Waals surface area contributed by atoms with E-state index in [-0.39, 0.29) is 24.1 Å². The van der Waals surface area contributed by atoms with Crippen molar-refractivity contribution >= 4 is 11.8 Å². The number of anilines is 1. The van der Waals surface area contributed by atoms with Crippen molar-refractivity contribution in [1.82, 2.24) is 9.97 Å². The molecule has 2 heterocycles. The second kappa shape index (κ2) is 5.40. The Bertz CT molecular complexity index is 587. The molecule has 0 spiro atoms. The van der Waals surface area contributed by atoms with Crippen LogP contribution in [0.5, 0.6) is 0 Å². The molecule has 1 aromatic heterocycles. The van der Waals surface area contributed by atoms with Gasteiger partial charge < -0.3 is 10.0 Å². The number of halogens is 3. The number of carbonyl (C=O) groups is 1. The molecule has 8 heteroatoms. The summed E-state index contributed by atoms with van der Waals surface area (Å²) in [6, 6.07) is 0.927. The van der Waals surface area contributed by atoms with Gasteiger partial charge in [0.2, 0.25) is 0 Å². The van der Waals surface area contributed by atoms with Crippen LogP contribution in [-0.2, 0) is 11.0 Å². The van der Waals surface area contributed by atoms with Crippen LogP contribution >= 0.6 is 0 Å². The molecule has 120 valence electrons. The van der Waals surface area contributed by atoms with Crippen molar-refractivity contribution in [3.05, 3.63) is 17.6 Å². The van der Waals surface area contributed by atoms with Crippen LogP contribution in [0.15, 0.2) is 6.07 Å². The van der Waals surface area contributed by atoms with Gasteiger partial charge in [0.25, 0.3) is 0 Å². The smallest absolute Gasteiger partial charge is 0.433 e. The number of alkyl halides is 3. The Morgan fingerprint density at radius 2 is 2.00 bits per heavy atom. The standard InChI is InChI=1S/C14H16F3N3O2/c15-14(16,17)10-6-11(19-12(18-10)8-3-4-8)20-5-1-2-9(7-20)13(21)22/h6,8-9H,1-5,7H2,(H,21,22)/t9-/m1/s1. The highest BCUT2D eigenvalue weighted by Crippen LogP contribution is 2.40. The van der Waals surface area contributed by atoms with Crippen LogP contribution in [0, 0.1) is 5.92 Å². The number of carboxylic acids is 1. The van der Waals surface area contributed by atoms with E-state index >= 15 is 0 Å². The van der Waals surface area contributed by atoms with Crippen molar-refractivity contribution in [1.29, 1.82) is 0 Å². The number of piperidine rings is 1. The minimum atomic E-state index is -4.52. The molecule has 1 saturated carbocycles. The van der Waals surface area contributed by atoms with Crippen molar-refractivity contribution in [3.63, 3.8) is 0 Å². The van der Waals surface area contributed by atoms with Crippen LogP contribution in [-0.4, -0.2) is 34.1 Å². The molecule has 3 rings (SSSR count). The largest absolute Gasteiger partial charge is 0.481 e. The van der Waals surface area contributed by atoms with Crippen LogP contribution < -0.4 is 4.90 Å². The first kappa shape index (κ1) is 15.1. The zero-order valence-electron chi connectivity index (χ0n) is 11.8. The van der Waals surface area contributed by atoms with E-state index in [0.717, 1.165) is 18.9 Å². The van der Waals surface area contributed by atoms with Gasteiger partial charge >= 0.3 is 12.1 Å². The lowest BCUT2D eigenvalue weighted by molar-refractivity contribution is -0.142. The SMILES string of the molecule is O=C(O)[C@@H]1CCCN(c2cc(C(F)(F)F)nc(C3CC3)n2)C1. The predicted molar refractivity (Wildman–Crippen MR) is 71.6 cm³/mol. The van der Waals surface area contributed by atoms with Gasteiger partial charge in [-0.15, -0.1) is 0 Å². The monoisotopic (exact) mass is 315 g/mol. The van der Waals surface area contributed by atoms with Crippen molar-refractivity contribution in [2.24, 2.45) is 5.92 Å². The highest BCUT2D eigenvalue weighted by atomic mass is 19.4. The molecule has 0 amide bonds. The lowest BCUT2D eigenvalue weighted by Crippen LogP contribution is -2.39. The van der Waals surface area contributed by atoms with Gasteiger partial charge in [-0.1, -0.05) is 0 Å². The molecule has 0 radical (unpaired) electrons. The number of hydrogen-bond donors (Lipinski definition) is 1. The molecule has 0 unspecified atom stereocenters. The average molecular weight is 315 g/mol. The molecule has 1 aliphatic carbocycles. The number of carboxylic acid groups (broad SMARTS) is 1. The Hall–Kier alpha value is -1.86. The van der Waals surface area contributed by atoms with E-state index in [2.05, 4.69) is 9.97 Å². The number of nitrogens with zero attached hydrogens (tertiary/aromatic N) is 3. The molecule has 5 nitrogen and oxygen atoms in total. The second-order valence-electron chi connectivity index (χ2n) is 5.87. The predicted octanol–water partition coefficient (Wildman–Crippen LogP) is 2.67. The van der Waals surface area contributed by atoms with E-state index in [0.29, 0.717) is 19.4 Å². The number of aromatic nitrogens is 2. The van der Waals surface area contributed by atoms with Gasteiger partial charge in [0.1, 0.15) is 17.3 Å². The van der Waals surface area contributed by atoms with Crippen molar-refractivity contribution < 1.29 is 23.1 Å². The molecule has 1 aromatic rings. The second-order valence-corrected chi connectivity index (χ2v) is 5.87. The Balaban J connectivity index is 1.91. The molecule has 2 fully saturated rings. The van der Waals surface area contributed by atoms with Gasteiger partial charge in [0, 0.05) is 25.1 Å². The first-order chi connectivity index (χ1) is 10.3. The summed E-state index contributed by atoms with van der Waals surface area (Å²) in [6.45, 7) is 0.704. The highest BCUT2D eigenvalue weighted by Gasteiger charge is 2.37. The Morgan fingerprint density at radius 1 is 1.27 bits per heavy atom. The molecule has 1 atom stereocenters. The zero-order valence-corrected chi connectivity index (χ0v) is 11.8. The van der Waals surface area contributed by atoms with Crippen molar-refractivity contribution in [3.8, 4) is 0 Å². The van der Waals surface area contributed by atoms with Gasteiger partial charge in [0.05, 0.1) is 5.92 Å². The van der Waals surface area contributed by atoms with Crippen molar-refractivity contribution in [2.45, 2.75) is 37.8 Å². The molecule has 1 aliphatic heterocycles. The summed E-state index contributed by atoms with van der Waals surface area (Å²) < 4.78 is 39.0. The fraction of sp³-hybridized carbons (Fsp3) is 0.643. The maximum absolute atomic E-state index is 13.0. The van der Waals surface area contributed by atoms with Crippen LogP contribution in [0.2, 0.25) is 0 Å². The van der Waals surface area contributed by atoms with Crippen LogP contribution in [0.25, 0.3) is 0 Å². The maximum atomic E-state index is 13.0. The van der Waals surface area contributed by atoms with Gasteiger partial charge in [0.15, 0.2) is 0 Å². The van der Waals surface area contributed by atoms with Crippen LogP contribution in [0.3, 0.4) is 0 Å². The third-order valence-corrected chi connectivity index (χ3v) is 4.06. The molecular weight excluding hydrogens is 299 g/mol. The average Bonchev–Trinajstić information content (AvgIpc) is 3.30. The molecule has 0 aromatic carbocycles. The summed E-state index contributed by atoms with van der Waals surface area (Å²) >= 11 is 0. The van der Waals surface area contributed by atoms with E-state index in [4.69, 9.17) is 5.11 Å². The van der Waals surface area contributed by atoms with E-state index in [1.165, 1.54) is 0 Å². The number of rotatable bonds is 3. The lowest BCUT2D eigenvalue weighted by Gasteiger charge is -2.32. The number of aliphatic carboxylic acids is 1. The fourth-order valence-electron chi connectivity index (χ4n) is 2.67. The third kappa shape index (κ3) is 3.15. The normalized spacial score (nSPS) is 22.7. The minimum absolute atomic E-state index is 0.00103. The minimum Gasteiger partial charge on any atom is -0.481 e. The summed E-state index contributed by atoms with van der Waals surface area (Å²) in [5.74, 6) is -1.07. The molecule has 1 N–H and O–H groups in total. The van der Waals surface area contributed by atoms with E-state index in [9.17, 15) is 18.0 Å². The molecule has 2 aliphatic rings. The Labute approximate surface area is 125 Å². The number of hydrogen-bond acceptors (Lipinski definition) is 4. The van der Waals surface area contributed by atoms with Crippen LogP contribution in [0.1, 0.15) is 43.1 Å². The molecular formula is C14H16F3N3O2. The fourth-order valence-corrected chi connectivity index (χ4v) is 2.67.